The van der Waals surface area contributed by atoms with Gasteiger partial charge in [-0.05, 0) is 31.2 Å². The minimum atomic E-state index is -0.131. The summed E-state index contributed by atoms with van der Waals surface area (Å²) in [4.78, 5) is 8.72. The molecule has 0 aliphatic heterocycles. The second-order valence-electron chi connectivity index (χ2n) is 4.55. The van der Waals surface area contributed by atoms with Gasteiger partial charge in [-0.2, -0.15) is 4.98 Å². The van der Waals surface area contributed by atoms with Gasteiger partial charge in [0, 0.05) is 4.47 Å². The number of aromatic nitrogens is 2. The molecule has 0 fully saturated rings. The smallest absolute Gasteiger partial charge is 0.240 e. The van der Waals surface area contributed by atoms with Crippen molar-refractivity contribution in [3.63, 3.8) is 0 Å². The molecule has 0 amide bonds. The van der Waals surface area contributed by atoms with Crippen LogP contribution in [0.15, 0.2) is 28.9 Å². The van der Waals surface area contributed by atoms with E-state index in [0.717, 1.165) is 10.0 Å². The first kappa shape index (κ1) is 15.7. The first-order valence-electron chi connectivity index (χ1n) is 6.49. The zero-order chi connectivity index (χ0) is 15.4. The molecule has 0 spiro atoms. The predicted molar refractivity (Wildman–Crippen MR) is 84.9 cm³/mol. The highest BCUT2D eigenvalue weighted by atomic mass is 79.9. The number of nitrogens with zero attached hydrogens (tertiary/aromatic N) is 2. The average Bonchev–Trinajstić information content (AvgIpc) is 2.50. The molecule has 0 aliphatic rings. The molecule has 21 heavy (non-hydrogen) atoms. The minimum absolute atomic E-state index is 0.131. The lowest BCUT2D eigenvalue weighted by Crippen LogP contribution is -2.21. The van der Waals surface area contributed by atoms with Crippen molar-refractivity contribution in [2.24, 2.45) is 0 Å². The number of aryl methyl sites for hydroxylation is 1. The van der Waals surface area contributed by atoms with Gasteiger partial charge in [0.25, 0.3) is 0 Å². The van der Waals surface area contributed by atoms with Crippen LogP contribution in [-0.2, 0) is 0 Å². The van der Waals surface area contributed by atoms with Gasteiger partial charge >= 0.3 is 0 Å². The van der Waals surface area contributed by atoms with Crippen molar-refractivity contribution in [3.05, 3.63) is 45.7 Å². The van der Waals surface area contributed by atoms with Crippen LogP contribution in [0.2, 0.25) is 0 Å². The number of benzene rings is 1. The molecule has 0 saturated heterocycles. The molecule has 1 N–H and O–H groups in total. The van der Waals surface area contributed by atoms with Crippen molar-refractivity contribution in [2.75, 3.05) is 21.3 Å². The molecular formula is C15H18BrN3O2. The Morgan fingerprint density at radius 1 is 1.24 bits per heavy atom. The lowest BCUT2D eigenvalue weighted by Gasteiger charge is -2.19. The van der Waals surface area contributed by atoms with Crippen LogP contribution in [0.25, 0.3) is 0 Å². The highest BCUT2D eigenvalue weighted by Gasteiger charge is 2.22. The number of hydrogen-bond acceptors (Lipinski definition) is 5. The Labute approximate surface area is 132 Å². The SMILES string of the molecule is CNC(c1ccc(C)cc1Br)c1ncc(OC)nc1OC. The Balaban J connectivity index is 2.50. The maximum Gasteiger partial charge on any atom is 0.240 e. The van der Waals surface area contributed by atoms with Gasteiger partial charge in [-0.3, -0.25) is 0 Å². The largest absolute Gasteiger partial charge is 0.480 e. The van der Waals surface area contributed by atoms with Gasteiger partial charge in [-0.25, -0.2) is 4.98 Å². The quantitative estimate of drug-likeness (QED) is 0.897. The van der Waals surface area contributed by atoms with Crippen LogP contribution < -0.4 is 14.8 Å². The van der Waals surface area contributed by atoms with Gasteiger partial charge in [-0.1, -0.05) is 28.1 Å². The maximum absolute atomic E-state index is 5.35. The average molecular weight is 352 g/mol. The Kier molecular flexibility index (Phi) is 5.14. The summed E-state index contributed by atoms with van der Waals surface area (Å²) in [6.45, 7) is 2.05. The molecule has 1 atom stereocenters. The normalized spacial score (nSPS) is 12.0. The number of nitrogens with one attached hydrogen (secondary N) is 1. The first-order valence-corrected chi connectivity index (χ1v) is 7.28. The van der Waals surface area contributed by atoms with Crippen molar-refractivity contribution in [1.82, 2.24) is 15.3 Å². The fraction of sp³-hybridized carbons (Fsp3) is 0.333. The van der Waals surface area contributed by atoms with E-state index in [-0.39, 0.29) is 6.04 Å². The summed E-state index contributed by atoms with van der Waals surface area (Å²) in [6, 6.07) is 6.07. The fourth-order valence-corrected chi connectivity index (χ4v) is 2.84. The van der Waals surface area contributed by atoms with Crippen LogP contribution in [0.3, 0.4) is 0 Å². The molecule has 1 unspecified atom stereocenters. The van der Waals surface area contributed by atoms with Crippen molar-refractivity contribution in [3.8, 4) is 11.8 Å². The Morgan fingerprint density at radius 2 is 2.00 bits per heavy atom. The summed E-state index contributed by atoms with van der Waals surface area (Å²) in [5.74, 6) is 0.870. The molecule has 1 aromatic carbocycles. The van der Waals surface area contributed by atoms with E-state index >= 15 is 0 Å². The van der Waals surface area contributed by atoms with Crippen LogP contribution in [-0.4, -0.2) is 31.2 Å². The van der Waals surface area contributed by atoms with Crippen LogP contribution in [0.4, 0.5) is 0 Å². The molecule has 2 aromatic rings. The van der Waals surface area contributed by atoms with Gasteiger partial charge in [0.15, 0.2) is 0 Å². The summed E-state index contributed by atoms with van der Waals surface area (Å²) in [6.07, 6.45) is 1.59. The maximum atomic E-state index is 5.35. The molecule has 1 aromatic heterocycles. The first-order chi connectivity index (χ1) is 10.1. The van der Waals surface area contributed by atoms with E-state index < -0.39 is 0 Å². The Bertz CT molecular complexity index is 634. The van der Waals surface area contributed by atoms with Gasteiger partial charge in [-0.15, -0.1) is 0 Å². The van der Waals surface area contributed by atoms with Crippen molar-refractivity contribution in [1.29, 1.82) is 0 Å². The molecule has 112 valence electrons. The highest BCUT2D eigenvalue weighted by Crippen LogP contribution is 2.32. The third-order valence-corrected chi connectivity index (χ3v) is 3.86. The predicted octanol–water partition coefficient (Wildman–Crippen LogP) is 2.87. The lowest BCUT2D eigenvalue weighted by atomic mass is 10.0. The summed E-state index contributed by atoms with van der Waals surface area (Å²) in [5.41, 5.74) is 2.97. The number of halogens is 1. The molecule has 6 heteroatoms. The van der Waals surface area contributed by atoms with E-state index in [1.54, 1.807) is 20.4 Å². The second kappa shape index (κ2) is 6.87. The number of ether oxygens (including phenoxy) is 2. The molecule has 1 heterocycles. The summed E-state index contributed by atoms with van der Waals surface area (Å²) < 4.78 is 11.4. The topological polar surface area (TPSA) is 56.3 Å². The van der Waals surface area contributed by atoms with E-state index in [2.05, 4.69) is 56.3 Å². The summed E-state index contributed by atoms with van der Waals surface area (Å²) in [5, 5.41) is 3.25. The van der Waals surface area contributed by atoms with Crippen LogP contribution in [0.5, 0.6) is 11.8 Å². The lowest BCUT2D eigenvalue weighted by molar-refractivity contribution is 0.353. The van der Waals surface area contributed by atoms with Crippen LogP contribution >= 0.6 is 15.9 Å². The van der Waals surface area contributed by atoms with E-state index in [9.17, 15) is 0 Å². The van der Waals surface area contributed by atoms with E-state index in [1.165, 1.54) is 5.56 Å². The zero-order valence-corrected chi connectivity index (χ0v) is 14.1. The summed E-state index contributed by atoms with van der Waals surface area (Å²) >= 11 is 3.61. The monoisotopic (exact) mass is 351 g/mol. The molecule has 0 bridgehead atoms. The number of hydrogen-bond donors (Lipinski definition) is 1. The number of methoxy groups -OCH3 is 2. The number of rotatable bonds is 5. The van der Waals surface area contributed by atoms with Gasteiger partial charge in [0.05, 0.1) is 26.5 Å². The fourth-order valence-electron chi connectivity index (χ4n) is 2.12. The van der Waals surface area contributed by atoms with Gasteiger partial charge in [0.1, 0.15) is 5.69 Å². The van der Waals surface area contributed by atoms with Gasteiger partial charge < -0.3 is 14.8 Å². The van der Waals surface area contributed by atoms with E-state index in [4.69, 9.17) is 9.47 Å². The second-order valence-corrected chi connectivity index (χ2v) is 5.41. The standard InChI is InChI=1S/C15H18BrN3O2/c1-9-5-6-10(11(16)7-9)13(17-2)14-15(21-4)19-12(20-3)8-18-14/h5-8,13,17H,1-4H3. The van der Waals surface area contributed by atoms with Crippen molar-refractivity contribution >= 4 is 15.9 Å². The molecule has 0 saturated carbocycles. The van der Waals surface area contributed by atoms with Crippen LogP contribution in [0, 0.1) is 6.92 Å². The highest BCUT2D eigenvalue weighted by molar-refractivity contribution is 9.10. The third-order valence-electron chi connectivity index (χ3n) is 3.18. The van der Waals surface area contributed by atoms with Crippen molar-refractivity contribution in [2.45, 2.75) is 13.0 Å². The zero-order valence-electron chi connectivity index (χ0n) is 12.5. The Morgan fingerprint density at radius 3 is 2.57 bits per heavy atom. The van der Waals surface area contributed by atoms with E-state index in [0.29, 0.717) is 17.5 Å². The van der Waals surface area contributed by atoms with Gasteiger partial charge in [0.2, 0.25) is 11.8 Å². The molecule has 0 aliphatic carbocycles. The molecule has 0 radical (unpaired) electrons. The molecule has 5 nitrogen and oxygen atoms in total. The Hall–Kier alpha value is -1.66. The molecular weight excluding hydrogens is 334 g/mol. The molecule has 2 rings (SSSR count). The van der Waals surface area contributed by atoms with Crippen LogP contribution in [0.1, 0.15) is 22.9 Å². The summed E-state index contributed by atoms with van der Waals surface area (Å²) in [7, 11) is 5.00. The minimum Gasteiger partial charge on any atom is -0.480 e. The van der Waals surface area contributed by atoms with E-state index in [1.807, 2.05) is 7.05 Å². The van der Waals surface area contributed by atoms with Crippen molar-refractivity contribution < 1.29 is 9.47 Å². The third kappa shape index (κ3) is 3.33.